The molecular formula is C18H20F3N5O4S. The first kappa shape index (κ1) is 21.6. The number of nitrogens with one attached hydrogen (secondary N) is 2. The molecule has 1 unspecified atom stereocenters. The molecule has 168 valence electrons. The van der Waals surface area contributed by atoms with Crippen molar-refractivity contribution in [3.05, 3.63) is 24.5 Å². The quantitative estimate of drug-likeness (QED) is 0.646. The topological polar surface area (TPSA) is 128 Å². The standard InChI is InChI=1S/C18H20F3N5O4S/c1-31(29,30)11-2-6-22-12(8-11)14-13(9-23-25-14)24-15(27)26-7-5-17(28,18(19,20)21)10-16(26)3-4-16/h2,6,8-9,28H,3-5,7,10H2,1H3,(H,23,25)(H,24,27). The first-order chi connectivity index (χ1) is 14.3. The van der Waals surface area contributed by atoms with Gasteiger partial charge in [-0.25, -0.2) is 13.2 Å². The van der Waals surface area contributed by atoms with Crippen LogP contribution in [0.4, 0.5) is 23.7 Å². The Balaban J connectivity index is 1.55. The highest BCUT2D eigenvalue weighted by atomic mass is 32.2. The van der Waals surface area contributed by atoms with Crippen molar-refractivity contribution in [2.75, 3.05) is 18.1 Å². The number of piperidine rings is 1. The van der Waals surface area contributed by atoms with Crippen molar-refractivity contribution >= 4 is 21.6 Å². The van der Waals surface area contributed by atoms with Crippen molar-refractivity contribution in [1.29, 1.82) is 0 Å². The molecule has 0 aromatic carbocycles. The maximum atomic E-state index is 13.3. The molecule has 1 aliphatic carbocycles. The summed E-state index contributed by atoms with van der Waals surface area (Å²) in [6.07, 6.45) is -1.54. The van der Waals surface area contributed by atoms with E-state index in [9.17, 15) is 31.5 Å². The number of carbonyl (C=O) groups excluding carboxylic acids is 1. The highest BCUT2D eigenvalue weighted by Gasteiger charge is 2.65. The number of anilines is 1. The third-order valence-corrected chi connectivity index (χ3v) is 6.95. The average molecular weight is 459 g/mol. The lowest BCUT2D eigenvalue weighted by molar-refractivity contribution is -0.277. The summed E-state index contributed by atoms with van der Waals surface area (Å²) in [6, 6.07) is 2.04. The second-order valence-electron chi connectivity index (χ2n) is 8.07. The van der Waals surface area contributed by atoms with E-state index in [1.165, 1.54) is 29.4 Å². The van der Waals surface area contributed by atoms with Crippen LogP contribution in [0, 0.1) is 0 Å². The van der Waals surface area contributed by atoms with Crippen molar-refractivity contribution in [1.82, 2.24) is 20.1 Å². The average Bonchev–Trinajstić information content (AvgIpc) is 3.25. The number of H-pyrrole nitrogens is 1. The molecule has 9 nitrogen and oxygen atoms in total. The highest BCUT2D eigenvalue weighted by molar-refractivity contribution is 7.90. The second kappa shape index (κ2) is 6.92. The number of urea groups is 1. The Morgan fingerprint density at radius 2 is 2.03 bits per heavy atom. The van der Waals surface area contributed by atoms with Crippen molar-refractivity contribution in [3.63, 3.8) is 0 Å². The number of aliphatic hydroxyl groups is 1. The molecule has 2 aliphatic rings. The van der Waals surface area contributed by atoms with Gasteiger partial charge in [-0.3, -0.25) is 10.1 Å². The van der Waals surface area contributed by atoms with Crippen LogP contribution in [0.1, 0.15) is 25.7 Å². The van der Waals surface area contributed by atoms with Crippen molar-refractivity contribution < 1.29 is 31.5 Å². The van der Waals surface area contributed by atoms with E-state index in [4.69, 9.17) is 0 Å². The molecule has 3 N–H and O–H groups in total. The molecule has 1 saturated carbocycles. The molecule has 1 atom stereocenters. The van der Waals surface area contributed by atoms with Gasteiger partial charge in [0.25, 0.3) is 0 Å². The maximum absolute atomic E-state index is 13.3. The van der Waals surface area contributed by atoms with Crippen molar-refractivity contribution in [2.45, 2.75) is 47.9 Å². The number of halogens is 3. The number of aromatic nitrogens is 3. The summed E-state index contributed by atoms with van der Waals surface area (Å²) in [5.41, 5.74) is -3.16. The van der Waals surface area contributed by atoms with Crippen LogP contribution in [-0.2, 0) is 9.84 Å². The summed E-state index contributed by atoms with van der Waals surface area (Å²) < 4.78 is 63.4. The van der Waals surface area contributed by atoms with E-state index >= 15 is 0 Å². The summed E-state index contributed by atoms with van der Waals surface area (Å²) >= 11 is 0. The smallest absolute Gasteiger partial charge is 0.380 e. The molecule has 2 aromatic rings. The van der Waals surface area contributed by atoms with Crippen LogP contribution in [-0.4, -0.2) is 69.8 Å². The molecule has 0 radical (unpaired) electrons. The Labute approximate surface area is 175 Å². The molecule has 0 bridgehead atoms. The number of likely N-dealkylation sites (tertiary alicyclic amines) is 1. The fourth-order valence-electron chi connectivity index (χ4n) is 3.95. The SMILES string of the molecule is CS(=O)(=O)c1ccnc(-c2[nH]ncc2NC(=O)N2CCC(O)(C(F)(F)F)CC23CC3)c1. The fourth-order valence-corrected chi connectivity index (χ4v) is 4.58. The Bertz CT molecular complexity index is 1130. The Morgan fingerprint density at radius 3 is 2.65 bits per heavy atom. The molecule has 3 heterocycles. The number of nitrogens with zero attached hydrogens (tertiary/aromatic N) is 3. The predicted octanol–water partition coefficient (Wildman–Crippen LogP) is 2.33. The van der Waals surface area contributed by atoms with Crippen LogP contribution in [0.25, 0.3) is 11.4 Å². The van der Waals surface area contributed by atoms with Gasteiger partial charge in [-0.1, -0.05) is 0 Å². The summed E-state index contributed by atoms with van der Waals surface area (Å²) in [4.78, 5) is 18.3. The van der Waals surface area contributed by atoms with Gasteiger partial charge in [-0.2, -0.15) is 18.3 Å². The van der Waals surface area contributed by atoms with Crippen LogP contribution < -0.4 is 5.32 Å². The monoisotopic (exact) mass is 459 g/mol. The van der Waals surface area contributed by atoms with Crippen LogP contribution in [0.15, 0.2) is 29.4 Å². The van der Waals surface area contributed by atoms with E-state index in [1.807, 2.05) is 0 Å². The molecule has 31 heavy (non-hydrogen) atoms. The van der Waals surface area contributed by atoms with E-state index in [2.05, 4.69) is 20.5 Å². The van der Waals surface area contributed by atoms with Crippen molar-refractivity contribution in [3.8, 4) is 11.4 Å². The Morgan fingerprint density at radius 1 is 1.32 bits per heavy atom. The zero-order chi connectivity index (χ0) is 22.7. The summed E-state index contributed by atoms with van der Waals surface area (Å²) in [5, 5.41) is 19.2. The van der Waals surface area contributed by atoms with E-state index in [0.29, 0.717) is 12.8 Å². The zero-order valence-electron chi connectivity index (χ0n) is 16.4. The van der Waals surface area contributed by atoms with Gasteiger partial charge in [0, 0.05) is 37.4 Å². The van der Waals surface area contributed by atoms with Gasteiger partial charge in [0.1, 0.15) is 5.69 Å². The number of hydrogen-bond donors (Lipinski definition) is 3. The third kappa shape index (κ3) is 3.87. The zero-order valence-corrected chi connectivity index (χ0v) is 17.2. The molecule has 1 saturated heterocycles. The summed E-state index contributed by atoms with van der Waals surface area (Å²) in [5.74, 6) is 0. The lowest BCUT2D eigenvalue weighted by Gasteiger charge is -2.45. The van der Waals surface area contributed by atoms with Gasteiger partial charge in [-0.15, -0.1) is 0 Å². The fraction of sp³-hybridized carbons (Fsp3) is 0.500. The van der Waals surface area contributed by atoms with Gasteiger partial charge in [0.15, 0.2) is 15.4 Å². The number of pyridine rings is 1. The molecule has 2 fully saturated rings. The van der Waals surface area contributed by atoms with Crippen molar-refractivity contribution in [2.24, 2.45) is 0 Å². The van der Waals surface area contributed by atoms with E-state index in [1.54, 1.807) is 0 Å². The Kier molecular flexibility index (Phi) is 4.81. The minimum Gasteiger partial charge on any atom is -0.380 e. The normalized spacial score (nSPS) is 23.1. The minimum atomic E-state index is -4.76. The maximum Gasteiger partial charge on any atom is 0.417 e. The molecular weight excluding hydrogens is 439 g/mol. The molecule has 1 spiro atoms. The first-order valence-electron chi connectivity index (χ1n) is 9.42. The van der Waals surface area contributed by atoms with Gasteiger partial charge >= 0.3 is 12.2 Å². The largest absolute Gasteiger partial charge is 0.417 e. The highest BCUT2D eigenvalue weighted by Crippen LogP contribution is 2.55. The number of hydrogen-bond acceptors (Lipinski definition) is 6. The van der Waals surface area contributed by atoms with Gasteiger partial charge in [0.2, 0.25) is 0 Å². The molecule has 2 aromatic heterocycles. The number of amides is 2. The van der Waals surface area contributed by atoms with Gasteiger partial charge < -0.3 is 15.3 Å². The second-order valence-corrected chi connectivity index (χ2v) is 10.1. The van der Waals surface area contributed by atoms with Crippen LogP contribution in [0.2, 0.25) is 0 Å². The number of rotatable bonds is 3. The lowest BCUT2D eigenvalue weighted by atomic mass is 9.84. The number of sulfone groups is 1. The van der Waals surface area contributed by atoms with E-state index in [-0.39, 0.29) is 28.5 Å². The number of carbonyl (C=O) groups is 1. The van der Waals surface area contributed by atoms with Gasteiger partial charge in [-0.05, 0) is 25.0 Å². The first-order valence-corrected chi connectivity index (χ1v) is 11.3. The van der Waals surface area contributed by atoms with Gasteiger partial charge in [0.05, 0.1) is 22.5 Å². The van der Waals surface area contributed by atoms with E-state index in [0.717, 1.165) is 6.26 Å². The van der Waals surface area contributed by atoms with Crippen LogP contribution in [0.5, 0.6) is 0 Å². The summed E-state index contributed by atoms with van der Waals surface area (Å²) in [7, 11) is -3.49. The molecule has 2 amide bonds. The van der Waals surface area contributed by atoms with Crippen LogP contribution >= 0.6 is 0 Å². The number of aromatic amines is 1. The van der Waals surface area contributed by atoms with E-state index < -0.39 is 46.0 Å². The predicted molar refractivity (Wildman–Crippen MR) is 103 cm³/mol. The lowest BCUT2D eigenvalue weighted by Crippen LogP contribution is -2.60. The Hall–Kier alpha value is -2.67. The molecule has 1 aliphatic heterocycles. The number of alkyl halides is 3. The molecule has 13 heteroatoms. The third-order valence-electron chi connectivity index (χ3n) is 5.84. The van der Waals surface area contributed by atoms with Crippen LogP contribution in [0.3, 0.4) is 0 Å². The molecule has 4 rings (SSSR count). The minimum absolute atomic E-state index is 0.0313. The summed E-state index contributed by atoms with van der Waals surface area (Å²) in [6.45, 7) is -0.253.